The fourth-order valence-electron chi connectivity index (χ4n) is 1.80. The lowest BCUT2D eigenvalue weighted by molar-refractivity contribution is -0.137. The summed E-state index contributed by atoms with van der Waals surface area (Å²) in [6, 6.07) is 0. The molecule has 0 saturated carbocycles. The Morgan fingerprint density at radius 3 is 2.92 bits per heavy atom. The fourth-order valence-corrected chi connectivity index (χ4v) is 1.80. The summed E-state index contributed by atoms with van der Waals surface area (Å²) in [4.78, 5) is 12.5. The Morgan fingerprint density at radius 2 is 2.42 bits per heavy atom. The van der Waals surface area contributed by atoms with Gasteiger partial charge in [0.25, 0.3) is 0 Å². The van der Waals surface area contributed by atoms with E-state index in [9.17, 15) is 4.79 Å². The molecule has 1 heterocycles. The van der Waals surface area contributed by atoms with Crippen molar-refractivity contribution in [2.45, 2.75) is 25.7 Å². The summed E-state index contributed by atoms with van der Waals surface area (Å²) >= 11 is 0. The van der Waals surface area contributed by atoms with Crippen LogP contribution in [0.5, 0.6) is 0 Å². The molecule has 0 aromatic heterocycles. The molecule has 1 atom stereocenters. The van der Waals surface area contributed by atoms with Crippen LogP contribution in [0.25, 0.3) is 0 Å². The Morgan fingerprint density at radius 1 is 1.67 bits per heavy atom. The number of hydrogen-bond acceptors (Lipinski definition) is 2. The van der Waals surface area contributed by atoms with Crippen LogP contribution in [-0.4, -0.2) is 36.1 Å². The van der Waals surface area contributed by atoms with Crippen LogP contribution in [0.3, 0.4) is 0 Å². The van der Waals surface area contributed by atoms with Crippen molar-refractivity contribution in [3.8, 4) is 0 Å². The maximum atomic E-state index is 10.2. The molecular weight excluding hydrogens is 154 g/mol. The topological polar surface area (TPSA) is 40.5 Å². The molecule has 1 N–H and O–H groups in total. The number of hydrogen-bond donors (Lipinski definition) is 1. The Balaban J connectivity index is 2.04. The maximum absolute atomic E-state index is 10.2. The number of likely N-dealkylation sites (tertiary alicyclic amines) is 1. The molecule has 1 fully saturated rings. The zero-order valence-electron chi connectivity index (χ0n) is 7.62. The SMILES string of the molecule is CN1CCC(CCCC(=O)O)C1. The molecule has 70 valence electrons. The number of nitrogens with zero attached hydrogens (tertiary/aromatic N) is 1. The summed E-state index contributed by atoms with van der Waals surface area (Å²) in [7, 11) is 2.12. The molecule has 12 heavy (non-hydrogen) atoms. The minimum absolute atomic E-state index is 0.334. The Bertz CT molecular complexity index is 159. The number of rotatable bonds is 4. The van der Waals surface area contributed by atoms with Gasteiger partial charge in [0.1, 0.15) is 0 Å². The molecule has 0 aliphatic carbocycles. The number of carboxylic acids is 1. The highest BCUT2D eigenvalue weighted by Gasteiger charge is 2.18. The van der Waals surface area contributed by atoms with Gasteiger partial charge in [0.2, 0.25) is 0 Å². The molecule has 1 aliphatic heterocycles. The van der Waals surface area contributed by atoms with E-state index in [4.69, 9.17) is 5.11 Å². The molecule has 0 spiro atoms. The van der Waals surface area contributed by atoms with Crippen molar-refractivity contribution in [2.24, 2.45) is 5.92 Å². The molecule has 1 aliphatic rings. The van der Waals surface area contributed by atoms with Gasteiger partial charge in [-0.2, -0.15) is 0 Å². The average molecular weight is 171 g/mol. The lowest BCUT2D eigenvalue weighted by Gasteiger charge is -2.08. The summed E-state index contributed by atoms with van der Waals surface area (Å²) in [6.45, 7) is 2.33. The van der Waals surface area contributed by atoms with E-state index in [1.807, 2.05) is 0 Å². The van der Waals surface area contributed by atoms with E-state index in [1.165, 1.54) is 13.0 Å². The highest BCUT2D eigenvalue weighted by atomic mass is 16.4. The first-order valence-corrected chi connectivity index (χ1v) is 4.59. The molecule has 0 bridgehead atoms. The monoisotopic (exact) mass is 171 g/mol. The van der Waals surface area contributed by atoms with E-state index in [2.05, 4.69) is 11.9 Å². The standard InChI is InChI=1S/C9H17NO2/c1-10-6-5-8(7-10)3-2-4-9(11)12/h8H,2-7H2,1H3,(H,11,12). The second kappa shape index (κ2) is 4.45. The van der Waals surface area contributed by atoms with Gasteiger partial charge in [-0.15, -0.1) is 0 Å². The molecule has 1 rings (SSSR count). The molecule has 0 amide bonds. The Labute approximate surface area is 73.4 Å². The van der Waals surface area contributed by atoms with Gasteiger partial charge >= 0.3 is 5.97 Å². The third-order valence-corrected chi connectivity index (χ3v) is 2.49. The van der Waals surface area contributed by atoms with Gasteiger partial charge in [-0.1, -0.05) is 0 Å². The van der Waals surface area contributed by atoms with Crippen LogP contribution in [-0.2, 0) is 4.79 Å². The first-order chi connectivity index (χ1) is 5.68. The van der Waals surface area contributed by atoms with Gasteiger partial charge in [-0.3, -0.25) is 4.79 Å². The summed E-state index contributed by atoms with van der Waals surface area (Å²) in [5, 5.41) is 8.43. The normalized spacial score (nSPS) is 24.6. The molecule has 0 radical (unpaired) electrons. The summed E-state index contributed by atoms with van der Waals surface area (Å²) in [5.41, 5.74) is 0. The highest BCUT2D eigenvalue weighted by Crippen LogP contribution is 2.19. The summed E-state index contributed by atoms with van der Waals surface area (Å²) < 4.78 is 0. The second-order valence-corrected chi connectivity index (χ2v) is 3.70. The molecular formula is C9H17NO2. The minimum atomic E-state index is -0.665. The van der Waals surface area contributed by atoms with E-state index in [-0.39, 0.29) is 0 Å². The van der Waals surface area contributed by atoms with Crippen LogP contribution >= 0.6 is 0 Å². The molecule has 0 aromatic carbocycles. The molecule has 1 unspecified atom stereocenters. The number of carbonyl (C=O) groups is 1. The van der Waals surface area contributed by atoms with Crippen molar-refractivity contribution < 1.29 is 9.90 Å². The van der Waals surface area contributed by atoms with Gasteiger partial charge < -0.3 is 10.0 Å². The fraction of sp³-hybridized carbons (Fsp3) is 0.889. The van der Waals surface area contributed by atoms with E-state index in [1.54, 1.807) is 0 Å². The van der Waals surface area contributed by atoms with E-state index in [0.29, 0.717) is 6.42 Å². The van der Waals surface area contributed by atoms with Crippen molar-refractivity contribution in [3.05, 3.63) is 0 Å². The number of aliphatic carboxylic acids is 1. The van der Waals surface area contributed by atoms with Crippen LogP contribution in [0.1, 0.15) is 25.7 Å². The summed E-state index contributed by atoms with van der Waals surface area (Å²) in [5.74, 6) is 0.0794. The van der Waals surface area contributed by atoms with Gasteiger partial charge in [0.15, 0.2) is 0 Å². The van der Waals surface area contributed by atoms with Gasteiger partial charge in [-0.25, -0.2) is 0 Å². The predicted octanol–water partition coefficient (Wildman–Crippen LogP) is 1.19. The maximum Gasteiger partial charge on any atom is 0.303 e. The lowest BCUT2D eigenvalue weighted by Crippen LogP contribution is -2.14. The zero-order valence-corrected chi connectivity index (χ0v) is 7.62. The molecule has 0 aromatic rings. The zero-order chi connectivity index (χ0) is 8.97. The van der Waals surface area contributed by atoms with Gasteiger partial charge in [0.05, 0.1) is 0 Å². The number of carboxylic acid groups (broad SMARTS) is 1. The van der Waals surface area contributed by atoms with Crippen molar-refractivity contribution in [3.63, 3.8) is 0 Å². The van der Waals surface area contributed by atoms with Crippen LogP contribution in [0.4, 0.5) is 0 Å². The van der Waals surface area contributed by atoms with Crippen molar-refractivity contribution in [1.82, 2.24) is 4.90 Å². The Kier molecular flexibility index (Phi) is 3.53. The van der Waals surface area contributed by atoms with Crippen molar-refractivity contribution in [1.29, 1.82) is 0 Å². The van der Waals surface area contributed by atoms with Crippen LogP contribution in [0.15, 0.2) is 0 Å². The summed E-state index contributed by atoms with van der Waals surface area (Å²) in [6.07, 6.45) is 3.50. The van der Waals surface area contributed by atoms with Crippen molar-refractivity contribution >= 4 is 5.97 Å². The molecule has 1 saturated heterocycles. The largest absolute Gasteiger partial charge is 0.481 e. The highest BCUT2D eigenvalue weighted by molar-refractivity contribution is 5.66. The van der Waals surface area contributed by atoms with E-state index in [0.717, 1.165) is 25.3 Å². The molecule has 3 nitrogen and oxygen atoms in total. The van der Waals surface area contributed by atoms with Crippen molar-refractivity contribution in [2.75, 3.05) is 20.1 Å². The first-order valence-electron chi connectivity index (χ1n) is 4.59. The quantitative estimate of drug-likeness (QED) is 0.690. The van der Waals surface area contributed by atoms with E-state index >= 15 is 0 Å². The van der Waals surface area contributed by atoms with Crippen LogP contribution in [0.2, 0.25) is 0 Å². The second-order valence-electron chi connectivity index (χ2n) is 3.70. The van der Waals surface area contributed by atoms with Crippen LogP contribution < -0.4 is 0 Å². The lowest BCUT2D eigenvalue weighted by atomic mass is 10.0. The smallest absolute Gasteiger partial charge is 0.303 e. The third-order valence-electron chi connectivity index (χ3n) is 2.49. The molecule has 3 heteroatoms. The first kappa shape index (κ1) is 9.52. The Hall–Kier alpha value is -0.570. The van der Waals surface area contributed by atoms with Crippen LogP contribution in [0, 0.1) is 5.92 Å². The predicted molar refractivity (Wildman–Crippen MR) is 47.1 cm³/mol. The minimum Gasteiger partial charge on any atom is -0.481 e. The third kappa shape index (κ3) is 3.22. The van der Waals surface area contributed by atoms with Gasteiger partial charge in [0, 0.05) is 13.0 Å². The van der Waals surface area contributed by atoms with Gasteiger partial charge in [-0.05, 0) is 38.8 Å². The van der Waals surface area contributed by atoms with E-state index < -0.39 is 5.97 Å². The average Bonchev–Trinajstić information content (AvgIpc) is 2.35.